The number of morpholine rings is 1. The highest BCUT2D eigenvalue weighted by molar-refractivity contribution is 7.19. The maximum atomic E-state index is 13.6. The lowest BCUT2D eigenvalue weighted by Crippen LogP contribution is -2.56. The largest absolute Gasteiger partial charge is 0.481 e. The van der Waals surface area contributed by atoms with Gasteiger partial charge in [0.1, 0.15) is 16.1 Å². The zero-order valence-corrected chi connectivity index (χ0v) is 24.1. The molecule has 2 N–H and O–H groups in total. The highest BCUT2D eigenvalue weighted by atomic mass is 32.1. The summed E-state index contributed by atoms with van der Waals surface area (Å²) in [6, 6.07) is 8.48. The van der Waals surface area contributed by atoms with Gasteiger partial charge in [-0.2, -0.15) is 0 Å². The number of rotatable bonds is 11. The molecule has 3 amide bonds. The van der Waals surface area contributed by atoms with Gasteiger partial charge in [-0.25, -0.2) is 9.78 Å². The fourth-order valence-corrected chi connectivity index (χ4v) is 5.74. The molecule has 222 valence electrons. The van der Waals surface area contributed by atoms with Crippen molar-refractivity contribution in [3.8, 4) is 10.6 Å². The van der Waals surface area contributed by atoms with Crippen LogP contribution in [0.5, 0.6) is 0 Å². The molecular weight excluding hydrogens is 550 g/mol. The third-order valence-corrected chi connectivity index (χ3v) is 8.13. The molecule has 12 nitrogen and oxygen atoms in total. The van der Waals surface area contributed by atoms with Crippen LogP contribution in [0.15, 0.2) is 30.3 Å². The number of benzene rings is 1. The molecule has 0 saturated carbocycles. The van der Waals surface area contributed by atoms with Crippen molar-refractivity contribution >= 4 is 40.2 Å². The first kappa shape index (κ1) is 30.3. The number of hydrogen-bond acceptors (Lipinski definition) is 9. The molecule has 2 aliphatic heterocycles. The summed E-state index contributed by atoms with van der Waals surface area (Å²) in [5.41, 5.74) is 1.07. The van der Waals surface area contributed by atoms with Gasteiger partial charge in [-0.15, -0.1) is 0 Å². The lowest BCUT2D eigenvalue weighted by Gasteiger charge is -2.36. The summed E-state index contributed by atoms with van der Waals surface area (Å²) in [5, 5.41) is 13.5. The first-order chi connectivity index (χ1) is 19.9. The average Bonchev–Trinajstić information content (AvgIpc) is 3.46. The van der Waals surface area contributed by atoms with Crippen LogP contribution in [0.1, 0.15) is 43.1 Å². The van der Waals surface area contributed by atoms with Gasteiger partial charge >= 0.3 is 12.1 Å². The second-order valence-corrected chi connectivity index (χ2v) is 10.9. The van der Waals surface area contributed by atoms with Crippen molar-refractivity contribution < 1.29 is 33.8 Å². The van der Waals surface area contributed by atoms with E-state index < -0.39 is 24.0 Å². The number of thiazole rings is 1. The summed E-state index contributed by atoms with van der Waals surface area (Å²) in [4.78, 5) is 60.7. The molecule has 2 aromatic rings. The number of carbonyl (C=O) groups is 4. The molecule has 1 aromatic carbocycles. The second kappa shape index (κ2) is 14.8. The molecule has 0 spiro atoms. The third-order valence-electron chi connectivity index (χ3n) is 6.97. The van der Waals surface area contributed by atoms with Crippen LogP contribution in [0, 0.1) is 0 Å². The Morgan fingerprint density at radius 1 is 1.05 bits per heavy atom. The quantitative estimate of drug-likeness (QED) is 0.380. The van der Waals surface area contributed by atoms with Crippen molar-refractivity contribution in [1.82, 2.24) is 20.1 Å². The molecule has 1 aromatic heterocycles. The third kappa shape index (κ3) is 8.17. The second-order valence-electron chi connectivity index (χ2n) is 9.88. The predicted molar refractivity (Wildman–Crippen MR) is 153 cm³/mol. The summed E-state index contributed by atoms with van der Waals surface area (Å²) in [6.07, 6.45) is 0.940. The first-order valence-electron chi connectivity index (χ1n) is 14.0. The van der Waals surface area contributed by atoms with E-state index in [1.54, 1.807) is 9.80 Å². The van der Waals surface area contributed by atoms with E-state index in [0.29, 0.717) is 56.0 Å². The molecule has 2 saturated heterocycles. The predicted octanol–water partition coefficient (Wildman–Crippen LogP) is 2.69. The Balaban J connectivity index is 1.48. The first-order valence-corrected chi connectivity index (χ1v) is 14.8. The van der Waals surface area contributed by atoms with E-state index in [1.165, 1.54) is 11.3 Å². The van der Waals surface area contributed by atoms with Crippen LogP contribution >= 0.6 is 11.3 Å². The van der Waals surface area contributed by atoms with E-state index in [2.05, 4.69) is 15.2 Å². The van der Waals surface area contributed by atoms with Crippen LogP contribution in [0.3, 0.4) is 0 Å². The van der Waals surface area contributed by atoms with Crippen LogP contribution in [0.25, 0.3) is 10.6 Å². The van der Waals surface area contributed by atoms with Crippen molar-refractivity contribution in [2.45, 2.75) is 38.6 Å². The molecule has 4 rings (SSSR count). The van der Waals surface area contributed by atoms with E-state index in [9.17, 15) is 24.3 Å². The van der Waals surface area contributed by atoms with Gasteiger partial charge in [-0.05, 0) is 12.8 Å². The number of aromatic nitrogens is 1. The Bertz CT molecular complexity index is 1190. The maximum Gasteiger partial charge on any atom is 0.409 e. The van der Waals surface area contributed by atoms with E-state index in [0.717, 1.165) is 18.4 Å². The average molecular weight is 588 g/mol. The van der Waals surface area contributed by atoms with Crippen molar-refractivity contribution in [2.75, 3.05) is 64.0 Å². The number of ether oxygens (including phenoxy) is 2. The molecule has 0 radical (unpaired) electrons. The Labute approximate surface area is 243 Å². The summed E-state index contributed by atoms with van der Waals surface area (Å²) < 4.78 is 10.8. The number of carboxylic acids is 1. The van der Waals surface area contributed by atoms with Crippen molar-refractivity contribution in [3.05, 3.63) is 36.0 Å². The highest BCUT2D eigenvalue weighted by Crippen LogP contribution is 2.35. The zero-order valence-electron chi connectivity index (χ0n) is 23.3. The van der Waals surface area contributed by atoms with Gasteiger partial charge in [0.2, 0.25) is 5.91 Å². The van der Waals surface area contributed by atoms with E-state index >= 15 is 0 Å². The standard InChI is InChI=1S/C28H37N5O7S/c1-2-3-17-40-28(38)33-13-11-31(12-14-33)26(37)21(9-10-22(34)35)29-24(36)23-27(32-15-18-39-19-16-32)41-25(30-23)20-7-5-4-6-8-20/h4-8,21H,2-3,9-19H2,1H3,(H,29,36)(H,34,35)/t21-/m0/s1. The summed E-state index contributed by atoms with van der Waals surface area (Å²) in [6.45, 7) is 5.73. The Morgan fingerprint density at radius 2 is 1.73 bits per heavy atom. The van der Waals surface area contributed by atoms with Crippen molar-refractivity contribution in [3.63, 3.8) is 0 Å². The lowest BCUT2D eigenvalue weighted by molar-refractivity contribution is -0.138. The molecule has 41 heavy (non-hydrogen) atoms. The van der Waals surface area contributed by atoms with E-state index in [4.69, 9.17) is 9.47 Å². The molecule has 2 fully saturated rings. The van der Waals surface area contributed by atoms with Crippen LogP contribution in [0.2, 0.25) is 0 Å². The topological polar surface area (TPSA) is 142 Å². The molecule has 0 aliphatic carbocycles. The smallest absolute Gasteiger partial charge is 0.409 e. The van der Waals surface area contributed by atoms with Gasteiger partial charge in [0, 0.05) is 51.3 Å². The van der Waals surface area contributed by atoms with Gasteiger partial charge in [-0.3, -0.25) is 14.4 Å². The van der Waals surface area contributed by atoms with Gasteiger partial charge in [0.25, 0.3) is 5.91 Å². The van der Waals surface area contributed by atoms with Crippen LogP contribution in [0.4, 0.5) is 9.80 Å². The number of nitrogens with zero attached hydrogens (tertiary/aromatic N) is 4. The van der Waals surface area contributed by atoms with Crippen LogP contribution in [-0.4, -0.2) is 109 Å². The fourth-order valence-electron chi connectivity index (χ4n) is 4.62. The Hall–Kier alpha value is -3.71. The van der Waals surface area contributed by atoms with E-state index in [-0.39, 0.29) is 37.5 Å². The number of unbranched alkanes of at least 4 members (excludes halogenated alkanes) is 1. The minimum atomic E-state index is -1.06. The van der Waals surface area contributed by atoms with Crippen molar-refractivity contribution in [2.24, 2.45) is 0 Å². The number of anilines is 1. The fraction of sp³-hybridized carbons (Fsp3) is 0.536. The normalized spacial score (nSPS) is 16.3. The minimum absolute atomic E-state index is 0.0677. The van der Waals surface area contributed by atoms with Gasteiger partial charge < -0.3 is 34.6 Å². The number of piperazine rings is 1. The minimum Gasteiger partial charge on any atom is -0.481 e. The summed E-state index contributed by atoms with van der Waals surface area (Å²) in [5.74, 6) is -1.98. The summed E-state index contributed by atoms with van der Waals surface area (Å²) >= 11 is 1.40. The molecule has 2 aliphatic rings. The molecule has 13 heteroatoms. The van der Waals surface area contributed by atoms with Crippen molar-refractivity contribution in [1.29, 1.82) is 0 Å². The number of hydrogen-bond donors (Lipinski definition) is 2. The Kier molecular flexibility index (Phi) is 10.9. The number of carbonyl (C=O) groups excluding carboxylic acids is 3. The Morgan fingerprint density at radius 3 is 2.39 bits per heavy atom. The van der Waals surface area contributed by atoms with Crippen LogP contribution < -0.4 is 10.2 Å². The highest BCUT2D eigenvalue weighted by Gasteiger charge is 2.33. The molecule has 0 unspecified atom stereocenters. The number of aliphatic carboxylic acids is 1. The lowest BCUT2D eigenvalue weighted by atomic mass is 10.1. The SMILES string of the molecule is CCCCOC(=O)N1CCN(C(=O)[C@H](CCC(=O)O)NC(=O)c2nc(-c3ccccc3)sc2N2CCOCC2)CC1. The monoisotopic (exact) mass is 587 g/mol. The van der Waals surface area contributed by atoms with Gasteiger partial charge in [0.05, 0.1) is 19.8 Å². The zero-order chi connectivity index (χ0) is 29.2. The molecular formula is C28H37N5O7S. The number of carboxylic acid groups (broad SMARTS) is 1. The van der Waals surface area contributed by atoms with Gasteiger partial charge in [0.15, 0.2) is 5.69 Å². The number of nitrogens with one attached hydrogen (secondary N) is 1. The maximum absolute atomic E-state index is 13.6. The molecule has 0 bridgehead atoms. The van der Waals surface area contributed by atoms with E-state index in [1.807, 2.05) is 37.3 Å². The van der Waals surface area contributed by atoms with Gasteiger partial charge in [-0.1, -0.05) is 55.0 Å². The summed E-state index contributed by atoms with van der Waals surface area (Å²) in [7, 11) is 0. The number of amides is 3. The molecule has 1 atom stereocenters. The van der Waals surface area contributed by atoms with Crippen LogP contribution in [-0.2, 0) is 19.1 Å². The molecule has 3 heterocycles.